The molecule has 2 rings (SSSR count). The molecule has 1 aliphatic rings. The Morgan fingerprint density at radius 3 is 2.84 bits per heavy atom. The Bertz CT molecular complexity index is 459. The Morgan fingerprint density at radius 1 is 1.37 bits per heavy atom. The van der Waals surface area contributed by atoms with Crippen LogP contribution >= 0.6 is 0 Å². The predicted molar refractivity (Wildman–Crippen MR) is 73.1 cm³/mol. The molecule has 1 saturated carbocycles. The van der Waals surface area contributed by atoms with E-state index >= 15 is 0 Å². The van der Waals surface area contributed by atoms with Gasteiger partial charge in [-0.3, -0.25) is 4.79 Å². The van der Waals surface area contributed by atoms with Crippen molar-refractivity contribution in [1.29, 1.82) is 0 Å². The van der Waals surface area contributed by atoms with Gasteiger partial charge < -0.3 is 15.5 Å². The molecule has 3 N–H and O–H groups in total. The number of nitrogens with one attached hydrogen (secondary N) is 1. The molecule has 2 unspecified atom stereocenters. The summed E-state index contributed by atoms with van der Waals surface area (Å²) in [5.41, 5.74) is 0.982. The van der Waals surface area contributed by atoms with E-state index in [2.05, 4.69) is 5.32 Å². The average Bonchev–Trinajstić information content (AvgIpc) is 2.40. The van der Waals surface area contributed by atoms with Gasteiger partial charge in [-0.15, -0.1) is 0 Å². The summed E-state index contributed by atoms with van der Waals surface area (Å²) >= 11 is 0. The van der Waals surface area contributed by atoms with Crippen LogP contribution in [0, 0.1) is 12.8 Å². The first-order chi connectivity index (χ1) is 9.09. The molecular formula is C15H21NO3. The Hall–Kier alpha value is -1.55. The first-order valence-electron chi connectivity index (χ1n) is 6.84. The zero-order valence-corrected chi connectivity index (χ0v) is 11.2. The number of aryl methyl sites for hydroxylation is 1. The van der Waals surface area contributed by atoms with Crippen molar-refractivity contribution in [2.75, 3.05) is 6.54 Å². The average molecular weight is 263 g/mol. The Labute approximate surface area is 113 Å². The molecular weight excluding hydrogens is 242 g/mol. The van der Waals surface area contributed by atoms with Crippen molar-refractivity contribution in [3.05, 3.63) is 29.3 Å². The van der Waals surface area contributed by atoms with Crippen LogP contribution in [-0.2, 0) is 0 Å². The summed E-state index contributed by atoms with van der Waals surface area (Å²) in [4.78, 5) is 12.0. The lowest BCUT2D eigenvalue weighted by molar-refractivity contribution is 0.0662. The number of carbonyl (C=O) groups excluding carboxylic acids is 1. The van der Waals surface area contributed by atoms with Crippen LogP contribution < -0.4 is 5.32 Å². The quantitative estimate of drug-likeness (QED) is 0.781. The maximum atomic E-state index is 12.0. The number of phenolic OH excluding ortho intramolecular Hbond substituents is 1. The molecule has 0 spiro atoms. The van der Waals surface area contributed by atoms with E-state index in [1.807, 2.05) is 0 Å². The van der Waals surface area contributed by atoms with Crippen LogP contribution in [0.1, 0.15) is 41.6 Å². The highest BCUT2D eigenvalue weighted by molar-refractivity contribution is 5.97. The van der Waals surface area contributed by atoms with E-state index in [4.69, 9.17) is 0 Å². The normalized spacial score (nSPS) is 23.1. The van der Waals surface area contributed by atoms with Gasteiger partial charge >= 0.3 is 0 Å². The molecule has 1 aliphatic carbocycles. The van der Waals surface area contributed by atoms with Crippen molar-refractivity contribution in [2.24, 2.45) is 5.92 Å². The summed E-state index contributed by atoms with van der Waals surface area (Å²) in [6.45, 7) is 2.23. The van der Waals surface area contributed by atoms with Crippen LogP contribution in [-0.4, -0.2) is 28.8 Å². The van der Waals surface area contributed by atoms with E-state index in [9.17, 15) is 15.0 Å². The van der Waals surface area contributed by atoms with Gasteiger partial charge in [0.15, 0.2) is 0 Å². The third kappa shape index (κ3) is 3.26. The van der Waals surface area contributed by atoms with Gasteiger partial charge in [0.25, 0.3) is 5.91 Å². The van der Waals surface area contributed by atoms with Gasteiger partial charge in [0, 0.05) is 12.5 Å². The minimum atomic E-state index is -0.319. The van der Waals surface area contributed by atoms with Crippen LogP contribution in [0.25, 0.3) is 0 Å². The predicted octanol–water partition coefficient (Wildman–Crippen LogP) is 1.98. The molecule has 4 heteroatoms. The Balaban J connectivity index is 1.95. The van der Waals surface area contributed by atoms with Crippen molar-refractivity contribution >= 4 is 5.91 Å². The molecule has 1 aromatic rings. The van der Waals surface area contributed by atoms with Crippen LogP contribution in [0.4, 0.5) is 0 Å². The molecule has 2 atom stereocenters. The summed E-state index contributed by atoms with van der Waals surface area (Å²) in [5, 5.41) is 22.5. The van der Waals surface area contributed by atoms with Gasteiger partial charge in [-0.25, -0.2) is 0 Å². The van der Waals surface area contributed by atoms with Gasteiger partial charge in [0.05, 0.1) is 11.7 Å². The Morgan fingerprint density at radius 2 is 2.11 bits per heavy atom. The number of aliphatic hydroxyl groups is 1. The maximum absolute atomic E-state index is 12.0. The maximum Gasteiger partial charge on any atom is 0.255 e. The second kappa shape index (κ2) is 6.06. The summed E-state index contributed by atoms with van der Waals surface area (Å²) in [6.07, 6.45) is 3.61. The monoisotopic (exact) mass is 263 g/mol. The molecule has 0 bridgehead atoms. The van der Waals surface area contributed by atoms with E-state index in [-0.39, 0.29) is 23.7 Å². The smallest absolute Gasteiger partial charge is 0.255 e. The van der Waals surface area contributed by atoms with Crippen molar-refractivity contribution in [3.8, 4) is 5.75 Å². The highest BCUT2D eigenvalue weighted by Crippen LogP contribution is 2.24. The fraction of sp³-hybridized carbons (Fsp3) is 0.533. The summed E-state index contributed by atoms with van der Waals surface area (Å²) in [7, 11) is 0. The third-order valence-corrected chi connectivity index (χ3v) is 3.88. The molecule has 19 heavy (non-hydrogen) atoms. The number of benzene rings is 1. The lowest BCUT2D eigenvalue weighted by Gasteiger charge is -2.27. The highest BCUT2D eigenvalue weighted by atomic mass is 16.3. The standard InChI is InChI=1S/C15H21NO3/c1-10-5-4-7-12(14(10)18)15(19)16-9-11-6-2-3-8-13(11)17/h4-5,7,11,13,17-18H,2-3,6,8-9H2,1H3,(H,16,19). The molecule has 0 aromatic heterocycles. The highest BCUT2D eigenvalue weighted by Gasteiger charge is 2.23. The number of hydrogen-bond acceptors (Lipinski definition) is 3. The number of amides is 1. The fourth-order valence-corrected chi connectivity index (χ4v) is 2.59. The molecule has 1 fully saturated rings. The van der Waals surface area contributed by atoms with Crippen LogP contribution in [0.3, 0.4) is 0 Å². The first kappa shape index (κ1) is 13.9. The molecule has 0 aliphatic heterocycles. The summed E-state index contributed by atoms with van der Waals surface area (Å²) in [5.74, 6) is -0.118. The zero-order valence-electron chi connectivity index (χ0n) is 11.2. The van der Waals surface area contributed by atoms with Crippen molar-refractivity contribution in [2.45, 2.75) is 38.7 Å². The second-order valence-corrected chi connectivity index (χ2v) is 5.29. The van der Waals surface area contributed by atoms with E-state index in [0.29, 0.717) is 17.7 Å². The molecule has 104 valence electrons. The lowest BCUT2D eigenvalue weighted by Crippen LogP contribution is -2.36. The lowest BCUT2D eigenvalue weighted by atomic mass is 9.86. The van der Waals surface area contributed by atoms with Crippen LogP contribution in [0.2, 0.25) is 0 Å². The van der Waals surface area contributed by atoms with Crippen molar-refractivity contribution in [1.82, 2.24) is 5.32 Å². The summed E-state index contributed by atoms with van der Waals surface area (Å²) in [6, 6.07) is 5.12. The van der Waals surface area contributed by atoms with E-state index in [1.54, 1.807) is 25.1 Å². The third-order valence-electron chi connectivity index (χ3n) is 3.88. The molecule has 0 saturated heterocycles. The summed E-state index contributed by atoms with van der Waals surface area (Å²) < 4.78 is 0. The van der Waals surface area contributed by atoms with Crippen LogP contribution in [0.5, 0.6) is 5.75 Å². The number of rotatable bonds is 3. The number of carbonyl (C=O) groups is 1. The van der Waals surface area contributed by atoms with E-state index in [1.165, 1.54) is 0 Å². The van der Waals surface area contributed by atoms with Crippen molar-refractivity contribution < 1.29 is 15.0 Å². The minimum absolute atomic E-state index is 0.0317. The van der Waals surface area contributed by atoms with Gasteiger partial charge in [-0.1, -0.05) is 25.0 Å². The molecule has 1 amide bonds. The molecule has 0 heterocycles. The van der Waals surface area contributed by atoms with Crippen LogP contribution in [0.15, 0.2) is 18.2 Å². The number of hydrogen-bond donors (Lipinski definition) is 3. The topological polar surface area (TPSA) is 69.6 Å². The zero-order chi connectivity index (χ0) is 13.8. The van der Waals surface area contributed by atoms with Gasteiger partial charge in [-0.05, 0) is 31.4 Å². The number of aromatic hydroxyl groups is 1. The van der Waals surface area contributed by atoms with Gasteiger partial charge in [-0.2, -0.15) is 0 Å². The second-order valence-electron chi connectivity index (χ2n) is 5.29. The molecule has 0 radical (unpaired) electrons. The molecule has 1 aromatic carbocycles. The van der Waals surface area contributed by atoms with E-state index in [0.717, 1.165) is 25.7 Å². The number of aliphatic hydroxyl groups excluding tert-OH is 1. The van der Waals surface area contributed by atoms with Gasteiger partial charge in [0.1, 0.15) is 5.75 Å². The Kier molecular flexibility index (Phi) is 4.43. The number of para-hydroxylation sites is 1. The minimum Gasteiger partial charge on any atom is -0.507 e. The van der Waals surface area contributed by atoms with E-state index < -0.39 is 0 Å². The number of phenols is 1. The van der Waals surface area contributed by atoms with Gasteiger partial charge in [0.2, 0.25) is 0 Å². The SMILES string of the molecule is Cc1cccc(C(=O)NCC2CCCCC2O)c1O. The largest absolute Gasteiger partial charge is 0.507 e. The van der Waals surface area contributed by atoms with Crippen molar-refractivity contribution in [3.63, 3.8) is 0 Å². The molecule has 4 nitrogen and oxygen atoms in total. The first-order valence-corrected chi connectivity index (χ1v) is 6.84. The fourth-order valence-electron chi connectivity index (χ4n) is 2.59.